The van der Waals surface area contributed by atoms with Crippen molar-refractivity contribution in [1.82, 2.24) is 14.7 Å². The Bertz CT molecular complexity index is 629. The molecule has 2 rings (SSSR count). The van der Waals surface area contributed by atoms with Crippen LogP contribution in [0.15, 0.2) is 36.9 Å². The van der Waals surface area contributed by atoms with Crippen LogP contribution >= 0.6 is 0 Å². The number of rotatable bonds is 6. The normalized spacial score (nSPS) is 11.0. The fourth-order valence-electron chi connectivity index (χ4n) is 2.26. The molecule has 0 spiro atoms. The highest BCUT2D eigenvalue weighted by molar-refractivity contribution is 5.67. The van der Waals surface area contributed by atoms with Crippen LogP contribution in [0.4, 0.5) is 0 Å². The molecule has 0 radical (unpaired) electrons. The molecule has 1 aromatic carbocycles. The van der Waals surface area contributed by atoms with Crippen LogP contribution in [0.5, 0.6) is 5.75 Å². The zero-order valence-corrected chi connectivity index (χ0v) is 13.0. The summed E-state index contributed by atoms with van der Waals surface area (Å²) < 4.78 is 1.95. The molecule has 0 fully saturated rings. The molecule has 0 aliphatic heterocycles. The molecular weight excluding hydrogens is 262 g/mol. The van der Waals surface area contributed by atoms with Crippen molar-refractivity contribution in [2.45, 2.75) is 19.9 Å². The molecule has 0 aliphatic carbocycles. The molecule has 0 amide bonds. The standard InChI is InChI=1S/C17H23N3O/c1-5-9-20-14(8-10-19(3)4)12-16(18-20)15-11-13(2)6-7-17(15)21/h5-7,11-12,21H,1,8-10H2,2-4H3. The number of allylic oxidation sites excluding steroid dienone is 1. The van der Waals surface area contributed by atoms with Crippen molar-refractivity contribution in [3.8, 4) is 17.0 Å². The second-order valence-corrected chi connectivity index (χ2v) is 5.57. The van der Waals surface area contributed by atoms with Crippen molar-refractivity contribution in [2.24, 2.45) is 0 Å². The quantitative estimate of drug-likeness (QED) is 0.830. The number of phenols is 1. The first-order valence-electron chi connectivity index (χ1n) is 7.13. The molecular formula is C17H23N3O. The Labute approximate surface area is 126 Å². The minimum Gasteiger partial charge on any atom is -0.507 e. The molecule has 0 atom stereocenters. The zero-order valence-electron chi connectivity index (χ0n) is 13.0. The smallest absolute Gasteiger partial charge is 0.125 e. The van der Waals surface area contributed by atoms with Gasteiger partial charge in [0.2, 0.25) is 0 Å². The van der Waals surface area contributed by atoms with Gasteiger partial charge in [-0.3, -0.25) is 4.68 Å². The number of phenolic OH excluding ortho intramolecular Hbond substituents is 1. The van der Waals surface area contributed by atoms with Crippen LogP contribution in [-0.2, 0) is 13.0 Å². The van der Waals surface area contributed by atoms with Gasteiger partial charge in [-0.2, -0.15) is 5.10 Å². The number of hydrogen-bond donors (Lipinski definition) is 1. The predicted octanol–water partition coefficient (Wildman–Crippen LogP) is 2.85. The highest BCUT2D eigenvalue weighted by Crippen LogP contribution is 2.29. The van der Waals surface area contributed by atoms with E-state index < -0.39 is 0 Å². The molecule has 0 bridgehead atoms. The van der Waals surface area contributed by atoms with Crippen molar-refractivity contribution in [2.75, 3.05) is 20.6 Å². The maximum atomic E-state index is 10.1. The van der Waals surface area contributed by atoms with Gasteiger partial charge in [0.15, 0.2) is 0 Å². The van der Waals surface area contributed by atoms with Gasteiger partial charge in [0.25, 0.3) is 0 Å². The van der Waals surface area contributed by atoms with Crippen LogP contribution in [0.3, 0.4) is 0 Å². The van der Waals surface area contributed by atoms with Crippen LogP contribution in [-0.4, -0.2) is 40.4 Å². The number of likely N-dealkylation sites (N-methyl/N-ethyl adjacent to an activating group) is 1. The van der Waals surface area contributed by atoms with Crippen LogP contribution in [0, 0.1) is 6.92 Å². The Kier molecular flexibility index (Phi) is 4.81. The molecule has 4 heteroatoms. The van der Waals surface area contributed by atoms with Crippen molar-refractivity contribution in [3.63, 3.8) is 0 Å². The van der Waals surface area contributed by atoms with Crippen LogP contribution in [0.1, 0.15) is 11.3 Å². The second kappa shape index (κ2) is 6.59. The Morgan fingerprint density at radius 2 is 2.10 bits per heavy atom. The maximum absolute atomic E-state index is 10.1. The number of nitrogens with zero attached hydrogens (tertiary/aromatic N) is 3. The third kappa shape index (κ3) is 3.73. The molecule has 21 heavy (non-hydrogen) atoms. The van der Waals surface area contributed by atoms with E-state index in [0.717, 1.165) is 35.5 Å². The third-order valence-electron chi connectivity index (χ3n) is 3.41. The minimum absolute atomic E-state index is 0.267. The van der Waals surface area contributed by atoms with Crippen molar-refractivity contribution in [3.05, 3.63) is 48.2 Å². The van der Waals surface area contributed by atoms with Gasteiger partial charge < -0.3 is 10.0 Å². The summed E-state index contributed by atoms with van der Waals surface area (Å²) in [6.07, 6.45) is 2.76. The van der Waals surface area contributed by atoms with Gasteiger partial charge in [-0.1, -0.05) is 17.7 Å². The predicted molar refractivity (Wildman–Crippen MR) is 86.5 cm³/mol. The molecule has 1 N–H and O–H groups in total. The molecule has 1 heterocycles. The summed E-state index contributed by atoms with van der Waals surface area (Å²) in [6, 6.07) is 7.64. The summed E-state index contributed by atoms with van der Waals surface area (Å²) in [5.74, 6) is 0.267. The molecule has 0 unspecified atom stereocenters. The molecule has 112 valence electrons. The summed E-state index contributed by atoms with van der Waals surface area (Å²) in [4.78, 5) is 2.15. The Morgan fingerprint density at radius 1 is 1.33 bits per heavy atom. The Hall–Kier alpha value is -2.07. The van der Waals surface area contributed by atoms with E-state index in [1.54, 1.807) is 6.07 Å². The van der Waals surface area contributed by atoms with E-state index in [4.69, 9.17) is 0 Å². The fraction of sp³-hybridized carbons (Fsp3) is 0.353. The van der Waals surface area contributed by atoms with Crippen molar-refractivity contribution in [1.29, 1.82) is 0 Å². The Morgan fingerprint density at radius 3 is 2.76 bits per heavy atom. The van der Waals surface area contributed by atoms with E-state index in [9.17, 15) is 5.11 Å². The van der Waals surface area contributed by atoms with Crippen LogP contribution < -0.4 is 0 Å². The first kappa shape index (κ1) is 15.3. The molecule has 0 aliphatic rings. The van der Waals surface area contributed by atoms with E-state index in [1.165, 1.54) is 0 Å². The summed E-state index contributed by atoms with van der Waals surface area (Å²) in [5, 5.41) is 14.7. The molecule has 0 saturated carbocycles. The lowest BCUT2D eigenvalue weighted by Gasteiger charge is -2.09. The first-order chi connectivity index (χ1) is 10.0. The molecule has 1 aromatic heterocycles. The van der Waals surface area contributed by atoms with E-state index in [2.05, 4.69) is 36.7 Å². The summed E-state index contributed by atoms with van der Waals surface area (Å²) in [6.45, 7) is 7.43. The minimum atomic E-state index is 0.267. The van der Waals surface area contributed by atoms with Gasteiger partial charge >= 0.3 is 0 Å². The average molecular weight is 285 g/mol. The number of hydrogen-bond acceptors (Lipinski definition) is 3. The van der Waals surface area contributed by atoms with Gasteiger partial charge in [-0.15, -0.1) is 6.58 Å². The molecule has 2 aromatic rings. The topological polar surface area (TPSA) is 41.3 Å². The number of benzene rings is 1. The highest BCUT2D eigenvalue weighted by atomic mass is 16.3. The van der Waals surface area contributed by atoms with Gasteiger partial charge in [-0.05, 0) is 39.2 Å². The summed E-state index contributed by atoms with van der Waals surface area (Å²) >= 11 is 0. The molecule has 4 nitrogen and oxygen atoms in total. The van der Waals surface area contributed by atoms with E-state index in [0.29, 0.717) is 6.54 Å². The van der Waals surface area contributed by atoms with Crippen molar-refractivity contribution < 1.29 is 5.11 Å². The second-order valence-electron chi connectivity index (χ2n) is 5.57. The van der Waals surface area contributed by atoms with Crippen molar-refractivity contribution >= 4 is 0 Å². The van der Waals surface area contributed by atoms with Gasteiger partial charge in [0.1, 0.15) is 5.75 Å². The van der Waals surface area contributed by atoms with Crippen LogP contribution in [0.25, 0.3) is 11.3 Å². The molecule has 0 saturated heterocycles. The van der Waals surface area contributed by atoms with Gasteiger partial charge in [0, 0.05) is 24.2 Å². The number of aromatic nitrogens is 2. The Balaban J connectivity index is 2.38. The third-order valence-corrected chi connectivity index (χ3v) is 3.41. The van der Waals surface area contributed by atoms with Gasteiger partial charge in [0.05, 0.1) is 12.2 Å². The number of aryl methyl sites for hydroxylation is 1. The van der Waals surface area contributed by atoms with Gasteiger partial charge in [-0.25, -0.2) is 0 Å². The monoisotopic (exact) mass is 285 g/mol. The van der Waals surface area contributed by atoms with Crippen LogP contribution in [0.2, 0.25) is 0 Å². The average Bonchev–Trinajstić information content (AvgIpc) is 2.83. The fourth-order valence-corrected chi connectivity index (χ4v) is 2.26. The largest absolute Gasteiger partial charge is 0.507 e. The highest BCUT2D eigenvalue weighted by Gasteiger charge is 2.12. The number of aromatic hydroxyl groups is 1. The maximum Gasteiger partial charge on any atom is 0.125 e. The van der Waals surface area contributed by atoms with E-state index in [-0.39, 0.29) is 5.75 Å². The summed E-state index contributed by atoms with van der Waals surface area (Å²) in [7, 11) is 4.11. The van der Waals surface area contributed by atoms with E-state index in [1.807, 2.05) is 29.8 Å². The zero-order chi connectivity index (χ0) is 15.4. The first-order valence-corrected chi connectivity index (χ1v) is 7.13. The SMILES string of the molecule is C=CCn1nc(-c2cc(C)ccc2O)cc1CCN(C)C. The van der Waals surface area contributed by atoms with E-state index >= 15 is 0 Å². The lowest BCUT2D eigenvalue weighted by Crippen LogP contribution is -2.17. The lowest BCUT2D eigenvalue weighted by atomic mass is 10.1. The lowest BCUT2D eigenvalue weighted by molar-refractivity contribution is 0.407. The summed E-state index contributed by atoms with van der Waals surface area (Å²) in [5.41, 5.74) is 3.85.